The van der Waals surface area contributed by atoms with Gasteiger partial charge in [-0.05, 0) is 18.9 Å². The van der Waals surface area contributed by atoms with Crippen molar-refractivity contribution in [2.45, 2.75) is 19.3 Å². The molecule has 25 heavy (non-hydrogen) atoms. The molecule has 0 aliphatic carbocycles. The van der Waals surface area contributed by atoms with Crippen LogP contribution in [0, 0.1) is 16.0 Å². The van der Waals surface area contributed by atoms with Crippen molar-refractivity contribution in [1.29, 1.82) is 0 Å². The van der Waals surface area contributed by atoms with Gasteiger partial charge in [0.25, 0.3) is 5.69 Å². The number of piperidine rings is 1. The number of carbonyl (C=O) groups excluding carboxylic acids is 1. The van der Waals surface area contributed by atoms with E-state index in [1.807, 2.05) is 4.90 Å². The first-order valence-electron chi connectivity index (χ1n) is 8.24. The van der Waals surface area contributed by atoms with Gasteiger partial charge >= 0.3 is 0 Å². The number of pyridine rings is 1. The van der Waals surface area contributed by atoms with Gasteiger partial charge in [-0.1, -0.05) is 0 Å². The van der Waals surface area contributed by atoms with Gasteiger partial charge in [0, 0.05) is 44.0 Å². The molecule has 2 aromatic rings. The number of hydrogen-bond donors (Lipinski definition) is 2. The van der Waals surface area contributed by atoms with Gasteiger partial charge in [0.05, 0.1) is 17.2 Å². The quantitative estimate of drug-likeness (QED) is 0.602. The molecular weight excluding hydrogens is 324 g/mol. The van der Waals surface area contributed by atoms with Gasteiger partial charge in [-0.25, -0.2) is 9.97 Å². The van der Waals surface area contributed by atoms with E-state index in [9.17, 15) is 14.9 Å². The number of nitro groups is 1. The predicted molar refractivity (Wildman–Crippen MR) is 91.1 cm³/mol. The first kappa shape index (κ1) is 16.9. The van der Waals surface area contributed by atoms with Gasteiger partial charge in [-0.2, -0.15) is 0 Å². The zero-order valence-electron chi connectivity index (χ0n) is 13.7. The number of aromatic nitrogens is 3. The van der Waals surface area contributed by atoms with Crippen LogP contribution in [-0.2, 0) is 11.2 Å². The highest BCUT2D eigenvalue weighted by Crippen LogP contribution is 2.23. The standard InChI is InChI=1S/C16H20N6O3/c23-16(18-6-5-13-8-17-11-20-13)12-2-1-7-21(10-12)15-4-3-14(9-19-15)22(24)25/h3-4,8-9,11-12H,1-2,5-7,10H2,(H,17,20)(H,18,23). The number of H-pyrrole nitrogens is 1. The van der Waals surface area contributed by atoms with Crippen LogP contribution < -0.4 is 10.2 Å². The topological polar surface area (TPSA) is 117 Å². The summed E-state index contributed by atoms with van der Waals surface area (Å²) in [7, 11) is 0. The largest absolute Gasteiger partial charge is 0.356 e. The lowest BCUT2D eigenvalue weighted by atomic mass is 9.97. The number of rotatable bonds is 6. The Kier molecular flexibility index (Phi) is 5.22. The van der Waals surface area contributed by atoms with Crippen LogP contribution >= 0.6 is 0 Å². The van der Waals surface area contributed by atoms with Crippen LogP contribution in [0.3, 0.4) is 0 Å². The minimum Gasteiger partial charge on any atom is -0.356 e. The lowest BCUT2D eigenvalue weighted by Gasteiger charge is -2.32. The van der Waals surface area contributed by atoms with E-state index in [4.69, 9.17) is 0 Å². The van der Waals surface area contributed by atoms with Gasteiger partial charge in [-0.15, -0.1) is 0 Å². The summed E-state index contributed by atoms with van der Waals surface area (Å²) in [6.07, 6.45) is 7.05. The first-order valence-corrected chi connectivity index (χ1v) is 8.24. The summed E-state index contributed by atoms with van der Waals surface area (Å²) >= 11 is 0. The minimum atomic E-state index is -0.469. The molecule has 1 aliphatic heterocycles. The Morgan fingerprint density at radius 3 is 3.00 bits per heavy atom. The Bertz CT molecular complexity index is 716. The number of imidazole rings is 1. The van der Waals surface area contributed by atoms with Gasteiger partial charge < -0.3 is 15.2 Å². The van der Waals surface area contributed by atoms with Crippen molar-refractivity contribution in [2.24, 2.45) is 5.92 Å². The molecule has 1 saturated heterocycles. The molecule has 0 bridgehead atoms. The summed E-state index contributed by atoms with van der Waals surface area (Å²) in [5, 5.41) is 13.7. The second-order valence-corrected chi connectivity index (χ2v) is 6.03. The summed E-state index contributed by atoms with van der Waals surface area (Å²) in [6, 6.07) is 3.08. The van der Waals surface area contributed by atoms with Gasteiger partial charge in [-0.3, -0.25) is 14.9 Å². The van der Waals surface area contributed by atoms with E-state index in [0.717, 1.165) is 25.1 Å². The Labute approximate surface area is 144 Å². The summed E-state index contributed by atoms with van der Waals surface area (Å²) in [6.45, 7) is 1.93. The lowest BCUT2D eigenvalue weighted by Crippen LogP contribution is -2.43. The van der Waals surface area contributed by atoms with Crippen LogP contribution in [0.5, 0.6) is 0 Å². The SMILES string of the molecule is O=C(NCCc1cnc[nH]1)C1CCCN(c2ccc([N+](=O)[O-])cn2)C1. The van der Waals surface area contributed by atoms with E-state index in [1.54, 1.807) is 18.6 Å². The number of carbonyl (C=O) groups is 1. The number of nitrogens with one attached hydrogen (secondary N) is 2. The van der Waals surface area contributed by atoms with Crippen LogP contribution in [-0.4, -0.2) is 45.4 Å². The molecule has 1 atom stereocenters. The Morgan fingerprint density at radius 2 is 2.32 bits per heavy atom. The number of anilines is 1. The van der Waals surface area contributed by atoms with E-state index in [2.05, 4.69) is 20.3 Å². The van der Waals surface area contributed by atoms with Crippen molar-refractivity contribution in [1.82, 2.24) is 20.3 Å². The molecule has 2 aromatic heterocycles. The molecule has 1 unspecified atom stereocenters. The second-order valence-electron chi connectivity index (χ2n) is 6.03. The van der Waals surface area contributed by atoms with Crippen LogP contribution in [0.4, 0.5) is 11.5 Å². The predicted octanol–water partition coefficient (Wildman–Crippen LogP) is 1.29. The van der Waals surface area contributed by atoms with E-state index in [-0.39, 0.29) is 17.5 Å². The molecule has 1 fully saturated rings. The molecule has 132 valence electrons. The smallest absolute Gasteiger partial charge is 0.287 e. The highest BCUT2D eigenvalue weighted by molar-refractivity contribution is 5.79. The fourth-order valence-corrected chi connectivity index (χ4v) is 2.96. The third-order valence-electron chi connectivity index (χ3n) is 4.31. The van der Waals surface area contributed by atoms with E-state index in [1.165, 1.54) is 12.3 Å². The van der Waals surface area contributed by atoms with Gasteiger partial charge in [0.1, 0.15) is 12.0 Å². The van der Waals surface area contributed by atoms with E-state index in [0.29, 0.717) is 25.3 Å². The normalized spacial score (nSPS) is 17.3. The minimum absolute atomic E-state index is 0.0335. The average molecular weight is 344 g/mol. The highest BCUT2D eigenvalue weighted by atomic mass is 16.6. The Morgan fingerprint density at radius 1 is 1.44 bits per heavy atom. The maximum atomic E-state index is 12.4. The molecule has 0 spiro atoms. The van der Waals surface area contributed by atoms with Crippen molar-refractivity contribution >= 4 is 17.4 Å². The molecule has 0 radical (unpaired) electrons. The van der Waals surface area contributed by atoms with Crippen molar-refractivity contribution in [3.05, 3.63) is 46.7 Å². The molecular formula is C16H20N6O3. The van der Waals surface area contributed by atoms with Gasteiger partial charge in [0.2, 0.25) is 5.91 Å². The highest BCUT2D eigenvalue weighted by Gasteiger charge is 2.26. The van der Waals surface area contributed by atoms with Crippen LogP contribution in [0.25, 0.3) is 0 Å². The Hall–Kier alpha value is -2.97. The fourth-order valence-electron chi connectivity index (χ4n) is 2.96. The number of aromatic amines is 1. The molecule has 9 heteroatoms. The van der Waals surface area contributed by atoms with Crippen LogP contribution in [0.2, 0.25) is 0 Å². The number of amides is 1. The average Bonchev–Trinajstić information content (AvgIpc) is 3.15. The lowest BCUT2D eigenvalue weighted by molar-refractivity contribution is -0.385. The molecule has 0 saturated carbocycles. The number of hydrogen-bond acceptors (Lipinski definition) is 6. The monoisotopic (exact) mass is 344 g/mol. The van der Waals surface area contributed by atoms with Gasteiger partial charge in [0.15, 0.2) is 0 Å². The van der Waals surface area contributed by atoms with E-state index < -0.39 is 4.92 Å². The zero-order chi connectivity index (χ0) is 17.6. The summed E-state index contributed by atoms with van der Waals surface area (Å²) in [4.78, 5) is 35.7. The maximum Gasteiger partial charge on any atom is 0.287 e. The second kappa shape index (κ2) is 7.73. The Balaban J connectivity index is 1.53. The van der Waals surface area contributed by atoms with Crippen molar-refractivity contribution < 1.29 is 9.72 Å². The molecule has 0 aromatic carbocycles. The molecule has 1 amide bonds. The van der Waals surface area contributed by atoms with Crippen LogP contribution in [0.15, 0.2) is 30.9 Å². The van der Waals surface area contributed by atoms with Crippen molar-refractivity contribution in [3.8, 4) is 0 Å². The number of nitrogens with zero attached hydrogens (tertiary/aromatic N) is 4. The third-order valence-corrected chi connectivity index (χ3v) is 4.31. The molecule has 3 heterocycles. The summed E-state index contributed by atoms with van der Waals surface area (Å²) in [5.41, 5.74) is 0.953. The molecule has 3 rings (SSSR count). The molecule has 9 nitrogen and oxygen atoms in total. The van der Waals surface area contributed by atoms with Crippen molar-refractivity contribution in [2.75, 3.05) is 24.5 Å². The fraction of sp³-hybridized carbons (Fsp3) is 0.438. The first-order chi connectivity index (χ1) is 12.1. The molecule has 1 aliphatic rings. The van der Waals surface area contributed by atoms with Crippen LogP contribution in [0.1, 0.15) is 18.5 Å². The third kappa shape index (κ3) is 4.31. The summed E-state index contributed by atoms with van der Waals surface area (Å²) < 4.78 is 0. The maximum absolute atomic E-state index is 12.4. The molecule has 2 N–H and O–H groups in total. The summed E-state index contributed by atoms with van der Waals surface area (Å²) in [5.74, 6) is 0.596. The zero-order valence-corrected chi connectivity index (χ0v) is 13.7. The van der Waals surface area contributed by atoms with E-state index >= 15 is 0 Å². The van der Waals surface area contributed by atoms with Crippen molar-refractivity contribution in [3.63, 3.8) is 0 Å².